The molecule has 6 nitrogen and oxygen atoms in total. The number of nitrogens with zero attached hydrogens (tertiary/aromatic N) is 3. The number of carbonyl (C=O) groups is 1. The Balaban J connectivity index is 1.44. The summed E-state index contributed by atoms with van der Waals surface area (Å²) in [7, 11) is 0. The molecule has 2 aromatic carbocycles. The minimum absolute atomic E-state index is 0.171. The molecule has 6 heteroatoms. The predicted octanol–water partition coefficient (Wildman–Crippen LogP) is 4.39. The molecule has 31 heavy (non-hydrogen) atoms. The van der Waals surface area contributed by atoms with Crippen molar-refractivity contribution in [2.24, 2.45) is 0 Å². The lowest BCUT2D eigenvalue weighted by atomic mass is 10.1. The summed E-state index contributed by atoms with van der Waals surface area (Å²) in [6, 6.07) is 23.1. The van der Waals surface area contributed by atoms with Gasteiger partial charge in [0.15, 0.2) is 0 Å². The maximum atomic E-state index is 13.2. The first-order valence-corrected chi connectivity index (χ1v) is 10.3. The van der Waals surface area contributed by atoms with Crippen molar-refractivity contribution in [3.63, 3.8) is 0 Å². The average Bonchev–Trinajstić information content (AvgIpc) is 2.85. The Hall–Kier alpha value is -3.77. The van der Waals surface area contributed by atoms with E-state index >= 15 is 0 Å². The molecule has 3 heterocycles. The Morgan fingerprint density at radius 2 is 1.68 bits per heavy atom. The first kappa shape index (κ1) is 19.2. The monoisotopic (exact) mass is 410 g/mol. The number of hydrogen-bond donors (Lipinski definition) is 1. The van der Waals surface area contributed by atoms with E-state index in [0.29, 0.717) is 11.3 Å². The summed E-state index contributed by atoms with van der Waals surface area (Å²) in [6.07, 6.45) is 1.72. The first-order valence-electron chi connectivity index (χ1n) is 10.3. The quantitative estimate of drug-likeness (QED) is 0.541. The summed E-state index contributed by atoms with van der Waals surface area (Å²) < 4.78 is 5.42. The summed E-state index contributed by atoms with van der Waals surface area (Å²) in [5.41, 5.74) is 4.63. The molecule has 4 aromatic rings. The van der Waals surface area contributed by atoms with Crippen molar-refractivity contribution in [3.8, 4) is 11.4 Å². The van der Waals surface area contributed by atoms with Crippen molar-refractivity contribution in [3.05, 3.63) is 84.6 Å². The number of benzene rings is 2. The van der Waals surface area contributed by atoms with Crippen LogP contribution >= 0.6 is 0 Å². The van der Waals surface area contributed by atoms with Crippen LogP contribution in [-0.2, 0) is 4.74 Å². The Labute approximate surface area is 180 Å². The van der Waals surface area contributed by atoms with Crippen molar-refractivity contribution in [1.82, 2.24) is 9.97 Å². The molecule has 1 saturated heterocycles. The molecule has 0 atom stereocenters. The number of morpholine rings is 1. The Bertz CT molecular complexity index is 1200. The van der Waals surface area contributed by atoms with Gasteiger partial charge in [0.25, 0.3) is 5.91 Å². The minimum atomic E-state index is -0.171. The highest BCUT2D eigenvalue weighted by Crippen LogP contribution is 2.25. The number of aromatic nitrogens is 2. The van der Waals surface area contributed by atoms with E-state index < -0.39 is 0 Å². The first-order chi connectivity index (χ1) is 15.3. The van der Waals surface area contributed by atoms with Gasteiger partial charge >= 0.3 is 0 Å². The van der Waals surface area contributed by atoms with Crippen LogP contribution in [0, 0.1) is 0 Å². The molecule has 0 aliphatic carbocycles. The van der Waals surface area contributed by atoms with Gasteiger partial charge in [0, 0.05) is 36.0 Å². The van der Waals surface area contributed by atoms with E-state index in [-0.39, 0.29) is 5.91 Å². The van der Waals surface area contributed by atoms with Crippen LogP contribution in [0.15, 0.2) is 79.0 Å². The van der Waals surface area contributed by atoms with Gasteiger partial charge in [0.1, 0.15) is 0 Å². The van der Waals surface area contributed by atoms with E-state index in [0.717, 1.165) is 54.3 Å². The van der Waals surface area contributed by atoms with Crippen LogP contribution in [0.1, 0.15) is 10.4 Å². The van der Waals surface area contributed by atoms with Gasteiger partial charge in [-0.2, -0.15) is 0 Å². The lowest BCUT2D eigenvalue weighted by molar-refractivity contribution is 0.102. The van der Waals surface area contributed by atoms with Gasteiger partial charge in [-0.25, -0.2) is 4.98 Å². The zero-order chi connectivity index (χ0) is 21.0. The standard InChI is InChI=1S/C25H22N4O2/c30-25(27-18-8-10-19(11-9-18)29-13-15-31-16-14-29)21-17-24(23-7-3-4-12-26-23)28-22-6-2-1-5-20(21)22/h1-12,17H,13-16H2,(H,27,30). The summed E-state index contributed by atoms with van der Waals surface area (Å²) in [5, 5.41) is 3.84. The molecule has 1 aliphatic rings. The topological polar surface area (TPSA) is 67.4 Å². The lowest BCUT2D eigenvalue weighted by Gasteiger charge is -2.28. The molecule has 1 fully saturated rings. The second-order valence-corrected chi connectivity index (χ2v) is 7.39. The number of ether oxygens (including phenoxy) is 1. The zero-order valence-corrected chi connectivity index (χ0v) is 17.0. The fraction of sp³-hybridized carbons (Fsp3) is 0.160. The molecule has 0 unspecified atom stereocenters. The van der Waals surface area contributed by atoms with E-state index in [1.165, 1.54) is 0 Å². The summed E-state index contributed by atoms with van der Waals surface area (Å²) >= 11 is 0. The van der Waals surface area contributed by atoms with E-state index in [4.69, 9.17) is 9.72 Å². The number of anilines is 2. The SMILES string of the molecule is O=C(Nc1ccc(N2CCOCC2)cc1)c1cc(-c2ccccn2)nc2ccccc12. The fourth-order valence-electron chi connectivity index (χ4n) is 3.78. The van der Waals surface area contributed by atoms with E-state index in [2.05, 4.69) is 15.2 Å². The number of pyridine rings is 2. The third-order valence-electron chi connectivity index (χ3n) is 5.39. The van der Waals surface area contributed by atoms with Gasteiger partial charge in [-0.3, -0.25) is 9.78 Å². The number of fused-ring (bicyclic) bond motifs is 1. The number of para-hydroxylation sites is 1. The van der Waals surface area contributed by atoms with Crippen LogP contribution in [0.25, 0.3) is 22.3 Å². The molecule has 5 rings (SSSR count). The van der Waals surface area contributed by atoms with Crippen molar-refractivity contribution in [1.29, 1.82) is 0 Å². The highest BCUT2D eigenvalue weighted by Gasteiger charge is 2.15. The Morgan fingerprint density at radius 3 is 2.45 bits per heavy atom. The molecular formula is C25H22N4O2. The predicted molar refractivity (Wildman–Crippen MR) is 122 cm³/mol. The van der Waals surface area contributed by atoms with Gasteiger partial charge in [-0.05, 0) is 48.5 Å². The minimum Gasteiger partial charge on any atom is -0.378 e. The highest BCUT2D eigenvalue weighted by atomic mass is 16.5. The van der Waals surface area contributed by atoms with Crippen LogP contribution in [-0.4, -0.2) is 42.2 Å². The number of carbonyl (C=O) groups excluding carboxylic acids is 1. The summed E-state index contributed by atoms with van der Waals surface area (Å²) in [4.78, 5) is 24.6. The molecule has 0 spiro atoms. The van der Waals surface area contributed by atoms with Gasteiger partial charge < -0.3 is 15.0 Å². The van der Waals surface area contributed by atoms with Gasteiger partial charge in [0.2, 0.25) is 0 Å². The van der Waals surface area contributed by atoms with Crippen molar-refractivity contribution in [2.75, 3.05) is 36.5 Å². The normalized spacial score (nSPS) is 13.9. The van der Waals surface area contributed by atoms with E-state index in [1.807, 2.05) is 72.8 Å². The molecular weight excluding hydrogens is 388 g/mol. The summed E-state index contributed by atoms with van der Waals surface area (Å²) in [6.45, 7) is 3.24. The second-order valence-electron chi connectivity index (χ2n) is 7.39. The summed E-state index contributed by atoms with van der Waals surface area (Å²) in [5.74, 6) is -0.171. The van der Waals surface area contributed by atoms with Crippen LogP contribution < -0.4 is 10.2 Å². The average molecular weight is 410 g/mol. The number of nitrogens with one attached hydrogen (secondary N) is 1. The molecule has 0 saturated carbocycles. The van der Waals surface area contributed by atoms with E-state index in [1.54, 1.807) is 6.20 Å². The van der Waals surface area contributed by atoms with Gasteiger partial charge in [0.05, 0.1) is 35.7 Å². The number of rotatable bonds is 4. The van der Waals surface area contributed by atoms with Gasteiger partial charge in [-0.15, -0.1) is 0 Å². The molecule has 1 N–H and O–H groups in total. The fourth-order valence-corrected chi connectivity index (χ4v) is 3.78. The highest BCUT2D eigenvalue weighted by molar-refractivity contribution is 6.13. The largest absolute Gasteiger partial charge is 0.378 e. The van der Waals surface area contributed by atoms with Crippen molar-refractivity contribution in [2.45, 2.75) is 0 Å². The third-order valence-corrected chi connectivity index (χ3v) is 5.39. The van der Waals surface area contributed by atoms with Crippen LogP contribution in [0.5, 0.6) is 0 Å². The van der Waals surface area contributed by atoms with Gasteiger partial charge in [-0.1, -0.05) is 24.3 Å². The maximum absolute atomic E-state index is 13.2. The molecule has 1 amide bonds. The zero-order valence-electron chi connectivity index (χ0n) is 17.0. The lowest BCUT2D eigenvalue weighted by Crippen LogP contribution is -2.36. The maximum Gasteiger partial charge on any atom is 0.256 e. The van der Waals surface area contributed by atoms with Crippen molar-refractivity contribution < 1.29 is 9.53 Å². The molecule has 0 radical (unpaired) electrons. The number of hydrogen-bond acceptors (Lipinski definition) is 5. The molecule has 154 valence electrons. The smallest absolute Gasteiger partial charge is 0.256 e. The molecule has 1 aliphatic heterocycles. The Kier molecular flexibility index (Phi) is 5.29. The van der Waals surface area contributed by atoms with E-state index in [9.17, 15) is 4.79 Å². The van der Waals surface area contributed by atoms with Crippen LogP contribution in [0.3, 0.4) is 0 Å². The van der Waals surface area contributed by atoms with Crippen LogP contribution in [0.4, 0.5) is 11.4 Å². The van der Waals surface area contributed by atoms with Crippen LogP contribution in [0.2, 0.25) is 0 Å². The molecule has 0 bridgehead atoms. The molecule has 2 aromatic heterocycles. The number of amides is 1. The van der Waals surface area contributed by atoms with Crippen molar-refractivity contribution >= 4 is 28.2 Å². The Morgan fingerprint density at radius 1 is 0.903 bits per heavy atom. The second kappa shape index (κ2) is 8.53. The third kappa shape index (κ3) is 4.11.